The van der Waals surface area contributed by atoms with Gasteiger partial charge in [0.25, 0.3) is 0 Å². The number of carbonyl (C=O) groups is 1. The largest absolute Gasteiger partial charge is 0.526 e. The zero-order valence-corrected chi connectivity index (χ0v) is 10.2. The third-order valence-corrected chi connectivity index (χ3v) is 3.07. The number of hydrazine groups is 1. The summed E-state index contributed by atoms with van der Waals surface area (Å²) in [5, 5.41) is 3.91. The van der Waals surface area contributed by atoms with E-state index in [1.807, 2.05) is 5.06 Å². The van der Waals surface area contributed by atoms with Crippen LogP contribution >= 0.6 is 0 Å². The van der Waals surface area contributed by atoms with Crippen LogP contribution < -0.4 is 5.43 Å². The van der Waals surface area contributed by atoms with Crippen molar-refractivity contribution in [3.8, 4) is 0 Å². The van der Waals surface area contributed by atoms with E-state index in [9.17, 15) is 4.79 Å². The molecule has 2 fully saturated rings. The molecule has 2 saturated heterocycles. The van der Waals surface area contributed by atoms with Crippen LogP contribution in [0.5, 0.6) is 0 Å². The molecule has 0 unspecified atom stereocenters. The molecule has 0 saturated carbocycles. The third-order valence-electron chi connectivity index (χ3n) is 3.07. The molecule has 6 nitrogen and oxygen atoms in total. The van der Waals surface area contributed by atoms with E-state index in [-0.39, 0.29) is 20.2 Å². The van der Waals surface area contributed by atoms with Gasteiger partial charge in [-0.05, 0) is 25.7 Å². The van der Waals surface area contributed by atoms with Gasteiger partial charge in [0.15, 0.2) is 0 Å². The molecule has 0 amide bonds. The Morgan fingerprint density at radius 1 is 1.12 bits per heavy atom. The molecule has 0 aromatic rings. The van der Waals surface area contributed by atoms with Crippen molar-refractivity contribution in [1.82, 2.24) is 15.5 Å². The lowest BCUT2D eigenvalue weighted by Gasteiger charge is -2.16. The fourth-order valence-electron chi connectivity index (χ4n) is 2.09. The fraction of sp³-hybridized carbons (Fsp3) is 0.900. The predicted molar refractivity (Wildman–Crippen MR) is 63.9 cm³/mol. The number of hydrogen-bond donors (Lipinski definition) is 1. The van der Waals surface area contributed by atoms with Crippen molar-refractivity contribution in [1.29, 1.82) is 0 Å². The monoisotopic (exact) mass is 241 g/mol. The van der Waals surface area contributed by atoms with E-state index in [2.05, 4.69) is 10.4 Å². The van der Waals surface area contributed by atoms with Crippen LogP contribution in [0.15, 0.2) is 0 Å². The van der Waals surface area contributed by atoms with Crippen molar-refractivity contribution < 1.29 is 14.2 Å². The lowest BCUT2D eigenvalue weighted by Crippen LogP contribution is -2.40. The number of hydroxylamine groups is 2. The van der Waals surface area contributed by atoms with E-state index in [1.165, 1.54) is 12.8 Å². The Bertz CT molecular complexity index is 243. The summed E-state index contributed by atoms with van der Waals surface area (Å²) < 4.78 is 10.3. The molecule has 0 spiro atoms. The second-order valence-corrected chi connectivity index (χ2v) is 4.43. The maximum Gasteiger partial charge on any atom is 0.526 e. The normalized spacial score (nSPS) is 21.9. The minimum atomic E-state index is -0.268. The molecular weight excluding hydrogens is 221 g/mol. The van der Waals surface area contributed by atoms with Crippen LogP contribution in [0, 0.1) is 0 Å². The molecule has 1 N–H and O–H groups in total. The van der Waals surface area contributed by atoms with Gasteiger partial charge in [-0.3, -0.25) is 4.79 Å². The summed E-state index contributed by atoms with van der Waals surface area (Å²) >= 11 is 0. The van der Waals surface area contributed by atoms with Crippen LogP contribution in [0.2, 0.25) is 0 Å². The quantitative estimate of drug-likeness (QED) is 0.628. The van der Waals surface area contributed by atoms with E-state index in [0.29, 0.717) is 0 Å². The minimum Gasteiger partial charge on any atom is -0.510 e. The predicted octanol–water partition coefficient (Wildman–Crippen LogP) is -0.576. The van der Waals surface area contributed by atoms with Gasteiger partial charge >= 0.3 is 13.7 Å². The molecule has 0 aromatic carbocycles. The second-order valence-electron chi connectivity index (χ2n) is 4.43. The molecule has 0 aliphatic carbocycles. The summed E-state index contributed by atoms with van der Waals surface area (Å²) in [7, 11) is 0.0283. The molecule has 2 rings (SSSR count). The molecular formula is C10H20BN3O3. The Morgan fingerprint density at radius 3 is 2.47 bits per heavy atom. The number of carbonyl (C=O) groups excluding carboxylic acids is 1. The summed E-state index contributed by atoms with van der Waals surface area (Å²) in [6.45, 7) is 4.12. The Kier molecular flexibility index (Phi) is 5.24. The van der Waals surface area contributed by atoms with Crippen LogP contribution in [0.25, 0.3) is 0 Å². The van der Waals surface area contributed by atoms with E-state index in [0.717, 1.165) is 39.0 Å². The van der Waals surface area contributed by atoms with Crippen molar-refractivity contribution in [3.63, 3.8) is 0 Å². The zero-order chi connectivity index (χ0) is 11.9. The van der Waals surface area contributed by atoms with Gasteiger partial charge in [-0.2, -0.15) is 0 Å². The Balaban J connectivity index is 1.48. The van der Waals surface area contributed by atoms with Crippen molar-refractivity contribution in [2.45, 2.75) is 25.7 Å². The number of hydrogen-bond acceptors (Lipinski definition) is 6. The smallest absolute Gasteiger partial charge is 0.510 e. The molecule has 0 aromatic heterocycles. The van der Waals surface area contributed by atoms with Crippen LogP contribution in [0.4, 0.5) is 0 Å². The van der Waals surface area contributed by atoms with Gasteiger partial charge in [-0.15, -0.1) is 0 Å². The Hall–Kier alpha value is -0.625. The van der Waals surface area contributed by atoms with Crippen molar-refractivity contribution in [2.24, 2.45) is 0 Å². The molecule has 17 heavy (non-hydrogen) atoms. The van der Waals surface area contributed by atoms with Gasteiger partial charge in [-0.1, -0.05) is 0 Å². The number of nitrogens with one attached hydrogen (secondary N) is 1. The van der Waals surface area contributed by atoms with Crippen molar-refractivity contribution in [3.05, 3.63) is 0 Å². The number of rotatable bonds is 6. The summed E-state index contributed by atoms with van der Waals surface area (Å²) in [5.74, 6) is -0.268. The van der Waals surface area contributed by atoms with Crippen LogP contribution in [0.1, 0.15) is 25.7 Å². The summed E-state index contributed by atoms with van der Waals surface area (Å²) in [6, 6.07) is 0. The first kappa shape index (κ1) is 12.8. The van der Waals surface area contributed by atoms with Gasteiger partial charge in [0, 0.05) is 26.2 Å². The molecule has 0 atom stereocenters. The zero-order valence-electron chi connectivity index (χ0n) is 10.2. The molecule has 7 heteroatoms. The maximum absolute atomic E-state index is 11.4. The lowest BCUT2D eigenvalue weighted by molar-refractivity contribution is -0.138. The van der Waals surface area contributed by atoms with E-state index in [4.69, 9.17) is 9.41 Å². The topological polar surface area (TPSA) is 54.0 Å². The van der Waals surface area contributed by atoms with Crippen LogP contribution in [-0.2, 0) is 14.2 Å². The van der Waals surface area contributed by atoms with Crippen molar-refractivity contribution in [2.75, 3.05) is 32.7 Å². The standard InChI is InChI=1S/C10H20BN3O3/c15-10(9-12-13-5-1-2-6-13)16-11-17-14-7-3-4-8-14/h11-12H,1-9H2. The SMILES string of the molecule is O=C(CNN1CCCC1)OBON1CCCC1. The fourth-order valence-corrected chi connectivity index (χ4v) is 2.09. The highest BCUT2D eigenvalue weighted by Gasteiger charge is 2.15. The van der Waals surface area contributed by atoms with Gasteiger partial charge in [0.05, 0.1) is 0 Å². The van der Waals surface area contributed by atoms with Gasteiger partial charge < -0.3 is 9.41 Å². The lowest BCUT2D eigenvalue weighted by atomic mass is 10.4. The van der Waals surface area contributed by atoms with Crippen LogP contribution in [-0.4, -0.2) is 56.5 Å². The van der Waals surface area contributed by atoms with E-state index >= 15 is 0 Å². The van der Waals surface area contributed by atoms with Gasteiger partial charge in [0.1, 0.15) is 6.54 Å². The Labute approximate surface area is 102 Å². The summed E-state index contributed by atoms with van der Waals surface area (Å²) in [4.78, 5) is 11.4. The molecule has 96 valence electrons. The molecule has 2 aliphatic rings. The summed E-state index contributed by atoms with van der Waals surface area (Å²) in [5.41, 5.74) is 3.05. The molecule has 0 radical (unpaired) electrons. The van der Waals surface area contributed by atoms with Gasteiger partial charge in [0.2, 0.25) is 0 Å². The molecule has 2 aliphatic heterocycles. The van der Waals surface area contributed by atoms with Gasteiger partial charge in [-0.25, -0.2) is 15.5 Å². The number of nitrogens with zero attached hydrogens (tertiary/aromatic N) is 2. The highest BCUT2D eigenvalue weighted by Crippen LogP contribution is 2.06. The molecule has 2 heterocycles. The first-order valence-electron chi connectivity index (χ1n) is 6.36. The second kappa shape index (κ2) is 6.95. The minimum absolute atomic E-state index is 0.0283. The third kappa shape index (κ3) is 4.63. The maximum atomic E-state index is 11.4. The first-order valence-corrected chi connectivity index (χ1v) is 6.36. The molecule has 0 bridgehead atoms. The van der Waals surface area contributed by atoms with E-state index < -0.39 is 0 Å². The first-order chi connectivity index (χ1) is 8.34. The highest BCUT2D eigenvalue weighted by molar-refractivity contribution is 6.22. The Morgan fingerprint density at radius 2 is 1.76 bits per heavy atom. The highest BCUT2D eigenvalue weighted by atomic mass is 16.7. The summed E-state index contributed by atoms with van der Waals surface area (Å²) in [6.07, 6.45) is 4.70. The average Bonchev–Trinajstić information content (AvgIpc) is 2.99. The van der Waals surface area contributed by atoms with Crippen LogP contribution in [0.3, 0.4) is 0 Å². The van der Waals surface area contributed by atoms with E-state index in [1.54, 1.807) is 0 Å². The average molecular weight is 241 g/mol. The van der Waals surface area contributed by atoms with Crippen molar-refractivity contribution >= 4 is 13.7 Å².